The van der Waals surface area contributed by atoms with Crippen LogP contribution in [-0.2, 0) is 16.0 Å². The van der Waals surface area contributed by atoms with Crippen LogP contribution in [0.4, 0.5) is 0 Å². The monoisotopic (exact) mass is 349 g/mol. The number of ether oxygens (including phenoxy) is 1. The van der Waals surface area contributed by atoms with Crippen molar-refractivity contribution >= 4 is 5.91 Å². The molecular weight excluding hydrogens is 318 g/mol. The summed E-state index contributed by atoms with van der Waals surface area (Å²) in [5.74, 6) is 1.67. The van der Waals surface area contributed by atoms with Gasteiger partial charge in [-0.25, -0.2) is 0 Å². The zero-order valence-corrected chi connectivity index (χ0v) is 15.6. The fourth-order valence-electron chi connectivity index (χ4n) is 3.63. The molecule has 3 rings (SSSR count). The molecule has 6 nitrogen and oxygen atoms in total. The Kier molecular flexibility index (Phi) is 5.79. The molecule has 0 radical (unpaired) electrons. The summed E-state index contributed by atoms with van der Waals surface area (Å²) >= 11 is 0. The number of hydrogen-bond donors (Lipinski definition) is 2. The topological polar surface area (TPSA) is 76.4 Å². The number of nitrogens with one attached hydrogen (secondary N) is 2. The molecule has 140 valence electrons. The lowest BCUT2D eigenvalue weighted by Crippen LogP contribution is -2.54. The average molecular weight is 349 g/mol. The molecule has 0 unspecified atom stereocenters. The van der Waals surface area contributed by atoms with Gasteiger partial charge in [-0.2, -0.15) is 0 Å². The van der Waals surface area contributed by atoms with Crippen molar-refractivity contribution in [1.82, 2.24) is 15.8 Å². The van der Waals surface area contributed by atoms with Gasteiger partial charge in [0.1, 0.15) is 5.76 Å². The summed E-state index contributed by atoms with van der Waals surface area (Å²) in [5.41, 5.74) is 0.507. The lowest BCUT2D eigenvalue weighted by atomic mass is 9.75. The normalized spacial score (nSPS) is 28.2. The fraction of sp³-hybridized carbons (Fsp3) is 0.789. The third-order valence-electron chi connectivity index (χ3n) is 5.75. The number of carbonyl (C=O) groups excluding carboxylic acids is 1. The number of piperidine rings is 1. The van der Waals surface area contributed by atoms with Gasteiger partial charge in [0.05, 0.1) is 17.7 Å². The predicted molar refractivity (Wildman–Crippen MR) is 95.4 cm³/mol. The summed E-state index contributed by atoms with van der Waals surface area (Å²) in [5, 5.41) is 10.8. The molecule has 0 aromatic carbocycles. The SMILES string of the molecule is CC(C)[C@H](C)NC(=O)[C@@]1(Cc2cc([C@@H]3CCOC3)no2)CCCNC1. The fourth-order valence-corrected chi connectivity index (χ4v) is 3.63. The molecule has 6 heteroatoms. The van der Waals surface area contributed by atoms with Crippen molar-refractivity contribution in [2.45, 2.75) is 58.4 Å². The Morgan fingerprint density at radius 2 is 2.32 bits per heavy atom. The average Bonchev–Trinajstić information content (AvgIpc) is 3.26. The molecule has 2 fully saturated rings. The van der Waals surface area contributed by atoms with E-state index < -0.39 is 5.41 Å². The van der Waals surface area contributed by atoms with E-state index >= 15 is 0 Å². The van der Waals surface area contributed by atoms with Gasteiger partial charge in [0.2, 0.25) is 5.91 Å². The van der Waals surface area contributed by atoms with E-state index in [0.29, 0.717) is 31.4 Å². The quantitative estimate of drug-likeness (QED) is 0.824. The van der Waals surface area contributed by atoms with Crippen molar-refractivity contribution in [2.24, 2.45) is 11.3 Å². The van der Waals surface area contributed by atoms with Crippen LogP contribution in [0.3, 0.4) is 0 Å². The van der Waals surface area contributed by atoms with Crippen LogP contribution < -0.4 is 10.6 Å². The molecular formula is C19H31N3O3. The van der Waals surface area contributed by atoms with Gasteiger partial charge in [0.25, 0.3) is 0 Å². The third kappa shape index (κ3) is 4.23. The number of aromatic nitrogens is 1. The predicted octanol–water partition coefficient (Wildman–Crippen LogP) is 2.25. The van der Waals surface area contributed by atoms with Crippen LogP contribution in [0.2, 0.25) is 0 Å². The molecule has 3 heterocycles. The van der Waals surface area contributed by atoms with Crippen LogP contribution in [-0.4, -0.2) is 43.4 Å². The standard InChI is InChI=1S/C19H31N3O3/c1-13(2)14(3)21-18(23)19(6-4-7-20-12-19)10-16-9-17(22-25-16)15-5-8-24-11-15/h9,13-15,20H,4-8,10-12H2,1-3H3,(H,21,23)/t14-,15+,19+/m0/s1. The Bertz CT molecular complexity index is 572. The molecule has 0 aliphatic carbocycles. The molecule has 2 N–H and O–H groups in total. The number of rotatable bonds is 6. The van der Waals surface area contributed by atoms with Gasteiger partial charge < -0.3 is 19.9 Å². The molecule has 1 aromatic heterocycles. The maximum absolute atomic E-state index is 13.1. The van der Waals surface area contributed by atoms with E-state index in [1.807, 2.05) is 6.07 Å². The van der Waals surface area contributed by atoms with Crippen molar-refractivity contribution in [3.8, 4) is 0 Å². The molecule has 0 spiro atoms. The molecule has 1 amide bonds. The maximum atomic E-state index is 13.1. The van der Waals surface area contributed by atoms with Gasteiger partial charge in [-0.1, -0.05) is 19.0 Å². The van der Waals surface area contributed by atoms with E-state index in [1.165, 1.54) is 0 Å². The van der Waals surface area contributed by atoms with Crippen LogP contribution in [0.25, 0.3) is 0 Å². The molecule has 2 aliphatic rings. The third-order valence-corrected chi connectivity index (χ3v) is 5.75. The van der Waals surface area contributed by atoms with Crippen molar-refractivity contribution in [2.75, 3.05) is 26.3 Å². The van der Waals surface area contributed by atoms with Crippen molar-refractivity contribution < 1.29 is 14.1 Å². The summed E-state index contributed by atoms with van der Waals surface area (Å²) in [6.45, 7) is 9.48. The summed E-state index contributed by atoms with van der Waals surface area (Å²) in [6.07, 6.45) is 3.46. The zero-order valence-electron chi connectivity index (χ0n) is 15.6. The first-order chi connectivity index (χ1) is 12.0. The zero-order chi connectivity index (χ0) is 17.9. The second-order valence-electron chi connectivity index (χ2n) is 8.02. The lowest BCUT2D eigenvalue weighted by molar-refractivity contribution is -0.133. The summed E-state index contributed by atoms with van der Waals surface area (Å²) in [6, 6.07) is 2.18. The van der Waals surface area contributed by atoms with E-state index in [-0.39, 0.29) is 11.9 Å². The highest BCUT2D eigenvalue weighted by atomic mass is 16.5. The second kappa shape index (κ2) is 7.87. The van der Waals surface area contributed by atoms with Crippen LogP contribution >= 0.6 is 0 Å². The highest BCUT2D eigenvalue weighted by Gasteiger charge is 2.41. The van der Waals surface area contributed by atoms with Gasteiger partial charge in [0, 0.05) is 37.6 Å². The highest BCUT2D eigenvalue weighted by molar-refractivity contribution is 5.83. The van der Waals surface area contributed by atoms with Gasteiger partial charge in [-0.05, 0) is 38.6 Å². The Morgan fingerprint density at radius 3 is 2.96 bits per heavy atom. The highest BCUT2D eigenvalue weighted by Crippen LogP contribution is 2.33. The first kappa shape index (κ1) is 18.4. The van der Waals surface area contributed by atoms with Crippen LogP contribution in [0.1, 0.15) is 57.4 Å². The molecule has 2 aliphatic heterocycles. The number of amides is 1. The number of carbonyl (C=O) groups is 1. The van der Waals surface area contributed by atoms with Gasteiger partial charge in [-0.15, -0.1) is 0 Å². The molecule has 3 atom stereocenters. The smallest absolute Gasteiger partial charge is 0.228 e. The minimum Gasteiger partial charge on any atom is -0.381 e. The van der Waals surface area contributed by atoms with Crippen molar-refractivity contribution in [3.05, 3.63) is 17.5 Å². The first-order valence-corrected chi connectivity index (χ1v) is 9.55. The van der Waals surface area contributed by atoms with Gasteiger partial charge in [-0.3, -0.25) is 4.79 Å². The molecule has 1 aromatic rings. The molecule has 2 saturated heterocycles. The Labute approximate surface area is 150 Å². The summed E-state index contributed by atoms with van der Waals surface area (Å²) < 4.78 is 11.0. The van der Waals surface area contributed by atoms with Crippen LogP contribution in [0.5, 0.6) is 0 Å². The largest absolute Gasteiger partial charge is 0.381 e. The minimum atomic E-state index is -0.454. The van der Waals surface area contributed by atoms with Gasteiger partial charge in [0.15, 0.2) is 0 Å². The minimum absolute atomic E-state index is 0.128. The maximum Gasteiger partial charge on any atom is 0.228 e. The van der Waals surface area contributed by atoms with Crippen molar-refractivity contribution in [1.29, 1.82) is 0 Å². The number of hydrogen-bond acceptors (Lipinski definition) is 5. The van der Waals surface area contributed by atoms with E-state index in [0.717, 1.165) is 43.9 Å². The van der Waals surface area contributed by atoms with E-state index in [1.54, 1.807) is 0 Å². The van der Waals surface area contributed by atoms with Crippen LogP contribution in [0, 0.1) is 11.3 Å². The molecule has 0 saturated carbocycles. The second-order valence-corrected chi connectivity index (χ2v) is 8.02. The summed E-state index contributed by atoms with van der Waals surface area (Å²) in [4.78, 5) is 13.1. The van der Waals surface area contributed by atoms with Crippen molar-refractivity contribution in [3.63, 3.8) is 0 Å². The molecule has 25 heavy (non-hydrogen) atoms. The number of nitrogens with zero attached hydrogens (tertiary/aromatic N) is 1. The molecule has 0 bridgehead atoms. The van der Waals surface area contributed by atoms with E-state index in [9.17, 15) is 4.79 Å². The van der Waals surface area contributed by atoms with E-state index in [2.05, 4.69) is 36.6 Å². The Balaban J connectivity index is 1.73. The Hall–Kier alpha value is -1.40. The van der Waals surface area contributed by atoms with E-state index in [4.69, 9.17) is 9.26 Å². The van der Waals surface area contributed by atoms with Gasteiger partial charge >= 0.3 is 0 Å². The first-order valence-electron chi connectivity index (χ1n) is 9.55. The lowest BCUT2D eigenvalue weighted by Gasteiger charge is -2.37. The Morgan fingerprint density at radius 1 is 1.48 bits per heavy atom. The summed E-state index contributed by atoms with van der Waals surface area (Å²) in [7, 11) is 0. The van der Waals surface area contributed by atoms with Crippen LogP contribution in [0.15, 0.2) is 10.6 Å².